The first kappa shape index (κ1) is 6.84. The molecule has 1 atom stereocenters. The van der Waals surface area contributed by atoms with E-state index in [-0.39, 0.29) is 0 Å². The van der Waals surface area contributed by atoms with Gasteiger partial charge in [-0.2, -0.15) is 0 Å². The first-order chi connectivity index (χ1) is 5.36. The second kappa shape index (κ2) is 2.65. The number of hydrogen-bond donors (Lipinski definition) is 0. The Labute approximate surface area is 66.8 Å². The zero-order valence-corrected chi connectivity index (χ0v) is 6.55. The third kappa shape index (κ3) is 1.28. The number of allylic oxidation sites excluding steroid dienone is 4. The number of ketones is 1. The van der Waals surface area contributed by atoms with Crippen LogP contribution in [0, 0.1) is 5.92 Å². The Balaban J connectivity index is 2.16. The van der Waals surface area contributed by atoms with Gasteiger partial charge in [0.15, 0.2) is 0 Å². The predicted molar refractivity (Wildman–Crippen MR) is 44.2 cm³/mol. The minimum Gasteiger partial charge on any atom is -0.300 e. The molecule has 1 saturated carbocycles. The van der Waals surface area contributed by atoms with E-state index in [0.717, 1.165) is 25.7 Å². The monoisotopic (exact) mass is 148 g/mol. The summed E-state index contributed by atoms with van der Waals surface area (Å²) in [5.74, 6) is 1.00. The number of hydrogen-bond acceptors (Lipinski definition) is 1. The van der Waals surface area contributed by atoms with Crippen LogP contribution in [-0.2, 0) is 4.79 Å². The lowest BCUT2D eigenvalue weighted by Crippen LogP contribution is -2.18. The Kier molecular flexibility index (Phi) is 1.65. The van der Waals surface area contributed by atoms with Gasteiger partial charge in [-0.05, 0) is 18.8 Å². The highest BCUT2D eigenvalue weighted by Gasteiger charge is 2.23. The molecular weight excluding hydrogens is 136 g/mol. The lowest BCUT2D eigenvalue weighted by atomic mass is 9.79. The highest BCUT2D eigenvalue weighted by Crippen LogP contribution is 2.32. The standard InChI is InChI=1S/C10H12O/c11-10-6-5-8-3-1-2-4-9(8)7-10/h1-3,9H,4-7H2. The summed E-state index contributed by atoms with van der Waals surface area (Å²) in [6, 6.07) is 0. The van der Waals surface area contributed by atoms with Crippen molar-refractivity contribution >= 4 is 5.78 Å². The van der Waals surface area contributed by atoms with Crippen molar-refractivity contribution in [1.29, 1.82) is 0 Å². The van der Waals surface area contributed by atoms with Crippen molar-refractivity contribution in [3.05, 3.63) is 23.8 Å². The molecule has 11 heavy (non-hydrogen) atoms. The van der Waals surface area contributed by atoms with Crippen LogP contribution in [0.1, 0.15) is 25.7 Å². The molecule has 1 nitrogen and oxygen atoms in total. The van der Waals surface area contributed by atoms with Crippen LogP contribution in [0.2, 0.25) is 0 Å². The van der Waals surface area contributed by atoms with Crippen LogP contribution < -0.4 is 0 Å². The van der Waals surface area contributed by atoms with Crippen molar-refractivity contribution in [2.24, 2.45) is 5.92 Å². The number of carbonyl (C=O) groups is 1. The van der Waals surface area contributed by atoms with E-state index in [1.165, 1.54) is 5.57 Å². The molecule has 0 aliphatic heterocycles. The van der Waals surface area contributed by atoms with Crippen molar-refractivity contribution < 1.29 is 4.79 Å². The average Bonchev–Trinajstić information content (AvgIpc) is 2.04. The third-order valence-corrected chi connectivity index (χ3v) is 2.56. The quantitative estimate of drug-likeness (QED) is 0.515. The topological polar surface area (TPSA) is 17.1 Å². The maximum atomic E-state index is 11.1. The Morgan fingerprint density at radius 3 is 3.18 bits per heavy atom. The second-order valence-corrected chi connectivity index (χ2v) is 3.35. The van der Waals surface area contributed by atoms with E-state index in [4.69, 9.17) is 0 Å². The Bertz CT molecular complexity index is 235. The molecule has 2 rings (SSSR count). The summed E-state index contributed by atoms with van der Waals surface area (Å²) in [6.45, 7) is 0. The molecule has 1 fully saturated rings. The van der Waals surface area contributed by atoms with Gasteiger partial charge in [0.2, 0.25) is 0 Å². The third-order valence-electron chi connectivity index (χ3n) is 2.56. The predicted octanol–water partition coefficient (Wildman–Crippen LogP) is 2.24. The zero-order chi connectivity index (χ0) is 7.68. The fourth-order valence-corrected chi connectivity index (χ4v) is 1.88. The normalized spacial score (nSPS) is 29.6. The first-order valence-electron chi connectivity index (χ1n) is 4.23. The maximum Gasteiger partial charge on any atom is 0.133 e. The molecule has 0 N–H and O–H groups in total. The minimum absolute atomic E-state index is 0.447. The molecule has 0 bridgehead atoms. The average molecular weight is 148 g/mol. The fourth-order valence-electron chi connectivity index (χ4n) is 1.88. The van der Waals surface area contributed by atoms with Gasteiger partial charge < -0.3 is 0 Å². The van der Waals surface area contributed by atoms with Gasteiger partial charge in [0.1, 0.15) is 5.78 Å². The molecule has 0 aromatic carbocycles. The summed E-state index contributed by atoms with van der Waals surface area (Å²) in [7, 11) is 0. The van der Waals surface area contributed by atoms with Crippen molar-refractivity contribution in [2.45, 2.75) is 25.7 Å². The summed E-state index contributed by atoms with van der Waals surface area (Å²) in [6.07, 6.45) is 10.1. The van der Waals surface area contributed by atoms with Gasteiger partial charge in [-0.3, -0.25) is 4.79 Å². The highest BCUT2D eigenvalue weighted by molar-refractivity contribution is 5.80. The molecule has 0 saturated heterocycles. The number of fused-ring (bicyclic) bond motifs is 1. The molecule has 0 spiro atoms. The Hall–Kier alpha value is -0.850. The molecule has 0 amide bonds. The van der Waals surface area contributed by atoms with Gasteiger partial charge in [0.05, 0.1) is 0 Å². The van der Waals surface area contributed by atoms with Crippen LogP contribution in [0.4, 0.5) is 0 Å². The molecule has 58 valence electrons. The lowest BCUT2D eigenvalue weighted by Gasteiger charge is -2.25. The van der Waals surface area contributed by atoms with Crippen molar-refractivity contribution in [3.63, 3.8) is 0 Å². The van der Waals surface area contributed by atoms with Crippen LogP contribution in [0.5, 0.6) is 0 Å². The Morgan fingerprint density at radius 1 is 1.36 bits per heavy atom. The van der Waals surface area contributed by atoms with Crippen LogP contribution in [0.15, 0.2) is 23.8 Å². The smallest absolute Gasteiger partial charge is 0.133 e. The van der Waals surface area contributed by atoms with E-state index in [9.17, 15) is 4.79 Å². The molecule has 0 aromatic rings. The van der Waals surface area contributed by atoms with E-state index < -0.39 is 0 Å². The van der Waals surface area contributed by atoms with Crippen LogP contribution >= 0.6 is 0 Å². The van der Waals surface area contributed by atoms with E-state index >= 15 is 0 Å². The summed E-state index contributed by atoms with van der Waals surface area (Å²) in [5.41, 5.74) is 1.49. The van der Waals surface area contributed by atoms with E-state index in [1.54, 1.807) is 0 Å². The number of Topliss-reactive ketones (excluding diaryl/α,β-unsaturated/α-hetero) is 1. The largest absolute Gasteiger partial charge is 0.300 e. The van der Waals surface area contributed by atoms with Crippen molar-refractivity contribution in [1.82, 2.24) is 0 Å². The summed E-state index contributed by atoms with van der Waals surface area (Å²) < 4.78 is 0. The molecule has 1 unspecified atom stereocenters. The molecule has 0 aromatic heterocycles. The maximum absolute atomic E-state index is 11.1. The molecule has 2 aliphatic carbocycles. The Morgan fingerprint density at radius 2 is 2.27 bits per heavy atom. The van der Waals surface area contributed by atoms with Gasteiger partial charge in [0.25, 0.3) is 0 Å². The van der Waals surface area contributed by atoms with E-state index in [1.807, 2.05) is 0 Å². The summed E-state index contributed by atoms with van der Waals surface area (Å²) >= 11 is 0. The van der Waals surface area contributed by atoms with Gasteiger partial charge in [-0.15, -0.1) is 0 Å². The van der Waals surface area contributed by atoms with Crippen LogP contribution in [0.25, 0.3) is 0 Å². The molecule has 0 radical (unpaired) electrons. The highest BCUT2D eigenvalue weighted by atomic mass is 16.1. The van der Waals surface area contributed by atoms with Crippen LogP contribution in [0.3, 0.4) is 0 Å². The molecular formula is C10H12O. The minimum atomic E-state index is 0.447. The van der Waals surface area contributed by atoms with Gasteiger partial charge in [-0.1, -0.05) is 23.8 Å². The molecule has 1 heteroatoms. The number of rotatable bonds is 0. The first-order valence-corrected chi connectivity index (χ1v) is 4.23. The van der Waals surface area contributed by atoms with Crippen LogP contribution in [-0.4, -0.2) is 5.78 Å². The summed E-state index contributed by atoms with van der Waals surface area (Å²) in [4.78, 5) is 11.1. The van der Waals surface area contributed by atoms with Crippen molar-refractivity contribution in [2.75, 3.05) is 0 Å². The SMILES string of the molecule is O=C1CCC2=CC=CCC2C1. The van der Waals surface area contributed by atoms with E-state index in [0.29, 0.717) is 11.7 Å². The van der Waals surface area contributed by atoms with Gasteiger partial charge in [0, 0.05) is 12.8 Å². The van der Waals surface area contributed by atoms with Gasteiger partial charge in [-0.25, -0.2) is 0 Å². The van der Waals surface area contributed by atoms with Gasteiger partial charge >= 0.3 is 0 Å². The van der Waals surface area contributed by atoms with Crippen molar-refractivity contribution in [3.8, 4) is 0 Å². The fraction of sp³-hybridized carbons (Fsp3) is 0.500. The van der Waals surface area contributed by atoms with E-state index in [2.05, 4.69) is 18.2 Å². The summed E-state index contributed by atoms with van der Waals surface area (Å²) in [5, 5.41) is 0. The lowest BCUT2D eigenvalue weighted by molar-refractivity contribution is -0.120. The molecule has 2 aliphatic rings. The molecule has 0 heterocycles. The zero-order valence-electron chi connectivity index (χ0n) is 6.55. The second-order valence-electron chi connectivity index (χ2n) is 3.35. The number of carbonyl (C=O) groups excluding carboxylic acids is 1.